The molecule has 1 aromatic heterocycles. The average Bonchev–Trinajstić information content (AvgIpc) is 2.96. The summed E-state index contributed by atoms with van der Waals surface area (Å²) in [6.45, 7) is 3.63. The van der Waals surface area contributed by atoms with Gasteiger partial charge >= 0.3 is 0 Å². The van der Waals surface area contributed by atoms with Crippen molar-refractivity contribution >= 4 is 5.91 Å². The second kappa shape index (κ2) is 8.41. The first-order valence-electron chi connectivity index (χ1n) is 9.42. The highest BCUT2D eigenvalue weighted by Crippen LogP contribution is 2.34. The number of carbonyl (C=O) groups excluding carboxylic acids is 1. The lowest BCUT2D eigenvalue weighted by atomic mass is 9.89. The summed E-state index contributed by atoms with van der Waals surface area (Å²) < 4.78 is 16.2. The van der Waals surface area contributed by atoms with Crippen molar-refractivity contribution in [1.29, 1.82) is 0 Å². The molecule has 1 aliphatic rings. The third-order valence-corrected chi connectivity index (χ3v) is 4.97. The molecule has 1 amide bonds. The highest BCUT2D eigenvalue weighted by molar-refractivity contribution is 5.78. The fourth-order valence-corrected chi connectivity index (χ4v) is 3.57. The molecule has 0 saturated heterocycles. The third-order valence-electron chi connectivity index (χ3n) is 4.97. The minimum atomic E-state index is -0.591. The van der Waals surface area contributed by atoms with E-state index in [1.54, 1.807) is 14.0 Å². The van der Waals surface area contributed by atoms with Gasteiger partial charge in [-0.15, -0.1) is 0 Å². The molecule has 1 aromatic carbocycles. The highest BCUT2D eigenvalue weighted by atomic mass is 16.5. The smallest absolute Gasteiger partial charge is 0.258 e. The molecule has 7 heteroatoms. The molecular formula is C20H27N3O4. The number of ether oxygens (including phenoxy) is 2. The van der Waals surface area contributed by atoms with E-state index in [0.29, 0.717) is 23.2 Å². The number of benzene rings is 1. The molecule has 3 rings (SSSR count). The number of nitrogens with zero attached hydrogens (tertiary/aromatic N) is 2. The van der Waals surface area contributed by atoms with Gasteiger partial charge in [0.2, 0.25) is 5.89 Å². The summed E-state index contributed by atoms with van der Waals surface area (Å²) in [5.41, 5.74) is 0.472. The lowest BCUT2D eigenvalue weighted by molar-refractivity contribution is -0.125. The van der Waals surface area contributed by atoms with Gasteiger partial charge in [-0.3, -0.25) is 4.79 Å². The van der Waals surface area contributed by atoms with E-state index < -0.39 is 5.54 Å². The first-order valence-corrected chi connectivity index (χ1v) is 9.42. The molecular weight excluding hydrogens is 346 g/mol. The number of aromatic nitrogens is 2. The average molecular weight is 373 g/mol. The molecule has 7 nitrogen and oxygen atoms in total. The zero-order valence-electron chi connectivity index (χ0n) is 16.2. The number of rotatable bonds is 6. The molecule has 0 spiro atoms. The molecule has 0 bridgehead atoms. The monoisotopic (exact) mass is 373 g/mol. The van der Waals surface area contributed by atoms with Crippen molar-refractivity contribution in [2.75, 3.05) is 13.7 Å². The number of nitrogens with one attached hydrogen (secondary N) is 1. The van der Waals surface area contributed by atoms with Crippen LogP contribution in [0.1, 0.15) is 55.8 Å². The number of aryl methyl sites for hydroxylation is 2. The van der Waals surface area contributed by atoms with Gasteiger partial charge in [0.1, 0.15) is 5.54 Å². The van der Waals surface area contributed by atoms with E-state index in [0.717, 1.165) is 44.1 Å². The Bertz CT molecular complexity index is 779. The molecule has 1 N–H and O–H groups in total. The maximum Gasteiger partial charge on any atom is 0.258 e. The quantitative estimate of drug-likeness (QED) is 0.781. The molecule has 1 saturated carbocycles. The van der Waals surface area contributed by atoms with E-state index in [9.17, 15) is 4.79 Å². The van der Waals surface area contributed by atoms with Crippen LogP contribution in [0.2, 0.25) is 0 Å². The summed E-state index contributed by atoms with van der Waals surface area (Å²) >= 11 is 0. The Kier molecular flexibility index (Phi) is 5.98. The summed E-state index contributed by atoms with van der Waals surface area (Å²) in [4.78, 5) is 17.1. The van der Waals surface area contributed by atoms with E-state index in [-0.39, 0.29) is 12.5 Å². The summed E-state index contributed by atoms with van der Waals surface area (Å²) in [5.74, 6) is 2.01. The Labute approximate surface area is 159 Å². The van der Waals surface area contributed by atoms with Crippen LogP contribution in [0.4, 0.5) is 0 Å². The number of hydrogen-bond acceptors (Lipinski definition) is 6. The number of hydrogen-bond donors (Lipinski definition) is 1. The Hall–Kier alpha value is -2.57. The Morgan fingerprint density at radius 3 is 2.56 bits per heavy atom. The lowest BCUT2D eigenvalue weighted by Gasteiger charge is -2.30. The van der Waals surface area contributed by atoms with Crippen molar-refractivity contribution in [3.63, 3.8) is 0 Å². The van der Waals surface area contributed by atoms with E-state index in [4.69, 9.17) is 14.0 Å². The zero-order valence-corrected chi connectivity index (χ0v) is 16.2. The molecule has 146 valence electrons. The van der Waals surface area contributed by atoms with Crippen molar-refractivity contribution < 1.29 is 18.8 Å². The summed E-state index contributed by atoms with van der Waals surface area (Å²) in [7, 11) is 1.58. The SMILES string of the molecule is COc1cc(C)ccc1OCC(=O)NC1(c2noc(C)n2)CCCCCC1. The second-order valence-electron chi connectivity index (χ2n) is 7.12. The number of carbonyl (C=O) groups is 1. The first kappa shape index (κ1) is 19.2. The maximum absolute atomic E-state index is 12.7. The lowest BCUT2D eigenvalue weighted by Crippen LogP contribution is -2.48. The van der Waals surface area contributed by atoms with Crippen LogP contribution in [0.25, 0.3) is 0 Å². The van der Waals surface area contributed by atoms with Crippen LogP contribution in [0.5, 0.6) is 11.5 Å². The third kappa shape index (κ3) is 4.59. The normalized spacial score (nSPS) is 16.4. The topological polar surface area (TPSA) is 86.5 Å². The Morgan fingerprint density at radius 2 is 1.93 bits per heavy atom. The standard InChI is InChI=1S/C20H27N3O4/c1-14-8-9-16(17(12-14)25-3)26-13-18(24)22-20(10-6-4-5-7-11-20)19-21-15(2)27-23-19/h8-9,12H,4-7,10-11,13H2,1-3H3,(H,22,24). The molecule has 0 unspecified atom stereocenters. The molecule has 1 aliphatic carbocycles. The van der Waals surface area contributed by atoms with Crippen LogP contribution in [-0.2, 0) is 10.3 Å². The zero-order chi connectivity index (χ0) is 19.3. The van der Waals surface area contributed by atoms with Gasteiger partial charge in [0.05, 0.1) is 7.11 Å². The molecule has 2 aromatic rings. The summed E-state index contributed by atoms with van der Waals surface area (Å²) in [6, 6.07) is 5.61. The van der Waals surface area contributed by atoms with Crippen LogP contribution < -0.4 is 14.8 Å². The van der Waals surface area contributed by atoms with Crippen molar-refractivity contribution in [2.24, 2.45) is 0 Å². The molecule has 1 fully saturated rings. The minimum Gasteiger partial charge on any atom is -0.493 e. The fourth-order valence-electron chi connectivity index (χ4n) is 3.57. The second-order valence-corrected chi connectivity index (χ2v) is 7.12. The first-order chi connectivity index (χ1) is 13.0. The molecule has 0 radical (unpaired) electrons. The van der Waals surface area contributed by atoms with E-state index in [1.165, 1.54) is 0 Å². The molecule has 27 heavy (non-hydrogen) atoms. The van der Waals surface area contributed by atoms with E-state index >= 15 is 0 Å². The van der Waals surface area contributed by atoms with E-state index in [2.05, 4.69) is 15.5 Å². The van der Waals surface area contributed by atoms with Crippen molar-refractivity contribution in [2.45, 2.75) is 57.9 Å². The Balaban J connectivity index is 1.71. The van der Waals surface area contributed by atoms with Crippen molar-refractivity contribution in [3.8, 4) is 11.5 Å². The maximum atomic E-state index is 12.7. The van der Waals surface area contributed by atoms with Crippen LogP contribution in [0.3, 0.4) is 0 Å². The van der Waals surface area contributed by atoms with E-state index in [1.807, 2.05) is 25.1 Å². The van der Waals surface area contributed by atoms with Crippen LogP contribution >= 0.6 is 0 Å². The Morgan fingerprint density at radius 1 is 1.19 bits per heavy atom. The predicted octanol–water partition coefficient (Wildman–Crippen LogP) is 3.44. The van der Waals surface area contributed by atoms with Crippen molar-refractivity contribution in [1.82, 2.24) is 15.5 Å². The van der Waals surface area contributed by atoms with Crippen LogP contribution in [-0.4, -0.2) is 29.8 Å². The van der Waals surface area contributed by atoms with Gasteiger partial charge in [-0.2, -0.15) is 4.98 Å². The van der Waals surface area contributed by atoms with Gasteiger partial charge < -0.3 is 19.3 Å². The summed E-state index contributed by atoms with van der Waals surface area (Å²) in [5, 5.41) is 7.23. The van der Waals surface area contributed by atoms with Gasteiger partial charge in [0, 0.05) is 6.92 Å². The highest BCUT2D eigenvalue weighted by Gasteiger charge is 2.38. The summed E-state index contributed by atoms with van der Waals surface area (Å²) in [6.07, 6.45) is 5.91. The number of amides is 1. The van der Waals surface area contributed by atoms with Gasteiger partial charge in [0.15, 0.2) is 23.9 Å². The van der Waals surface area contributed by atoms with Crippen LogP contribution in [0.15, 0.2) is 22.7 Å². The predicted molar refractivity (Wildman–Crippen MR) is 99.8 cm³/mol. The molecule has 1 heterocycles. The molecule has 0 atom stereocenters. The minimum absolute atomic E-state index is 0.0992. The van der Waals surface area contributed by atoms with Crippen LogP contribution in [0, 0.1) is 13.8 Å². The number of methoxy groups -OCH3 is 1. The van der Waals surface area contributed by atoms with Crippen molar-refractivity contribution in [3.05, 3.63) is 35.5 Å². The van der Waals surface area contributed by atoms with Gasteiger partial charge in [-0.1, -0.05) is 36.9 Å². The van der Waals surface area contributed by atoms with Gasteiger partial charge in [-0.25, -0.2) is 0 Å². The van der Waals surface area contributed by atoms with Gasteiger partial charge in [0.25, 0.3) is 5.91 Å². The van der Waals surface area contributed by atoms with Gasteiger partial charge in [-0.05, 0) is 37.5 Å². The largest absolute Gasteiger partial charge is 0.493 e. The fraction of sp³-hybridized carbons (Fsp3) is 0.550. The molecule has 0 aliphatic heterocycles.